The van der Waals surface area contributed by atoms with Crippen molar-refractivity contribution < 1.29 is 9.59 Å². The van der Waals surface area contributed by atoms with Gasteiger partial charge in [-0.2, -0.15) is 0 Å². The molecule has 1 aliphatic heterocycles. The molecule has 166 valence electrons. The van der Waals surface area contributed by atoms with Crippen LogP contribution < -0.4 is 5.32 Å². The molecular formula is C26H35N3O2. The average molecular weight is 422 g/mol. The summed E-state index contributed by atoms with van der Waals surface area (Å²) in [6.45, 7) is 8.14. The number of rotatable bonds is 9. The van der Waals surface area contributed by atoms with Gasteiger partial charge in [-0.25, -0.2) is 0 Å². The van der Waals surface area contributed by atoms with E-state index >= 15 is 0 Å². The Bertz CT molecular complexity index is 827. The number of piperidine rings is 1. The minimum Gasteiger partial charge on any atom is -0.353 e. The third-order valence-electron chi connectivity index (χ3n) is 5.89. The number of aryl methyl sites for hydroxylation is 1. The molecule has 1 N–H and O–H groups in total. The SMILES string of the molecule is CCCN(CCC(=O)NC1CCN(Cc2ccccc2)CC1)C(=O)c1ccc(C)cc1. The minimum atomic E-state index is 0.00358. The Balaban J connectivity index is 1.42. The van der Waals surface area contributed by atoms with E-state index in [1.165, 1.54) is 5.56 Å². The van der Waals surface area contributed by atoms with E-state index in [4.69, 9.17) is 0 Å². The van der Waals surface area contributed by atoms with E-state index in [1.807, 2.05) is 37.3 Å². The summed E-state index contributed by atoms with van der Waals surface area (Å²) in [5, 5.41) is 3.18. The van der Waals surface area contributed by atoms with Gasteiger partial charge < -0.3 is 10.2 Å². The van der Waals surface area contributed by atoms with Crippen LogP contribution in [0.5, 0.6) is 0 Å². The van der Waals surface area contributed by atoms with Gasteiger partial charge >= 0.3 is 0 Å². The smallest absolute Gasteiger partial charge is 0.253 e. The van der Waals surface area contributed by atoms with Crippen molar-refractivity contribution in [2.75, 3.05) is 26.2 Å². The van der Waals surface area contributed by atoms with Crippen LogP contribution in [0.2, 0.25) is 0 Å². The molecule has 5 heteroatoms. The fraction of sp³-hybridized carbons (Fsp3) is 0.462. The second kappa shape index (κ2) is 11.7. The number of benzene rings is 2. The quantitative estimate of drug-likeness (QED) is 0.665. The maximum atomic E-state index is 12.8. The van der Waals surface area contributed by atoms with E-state index in [0.717, 1.165) is 44.5 Å². The van der Waals surface area contributed by atoms with Crippen molar-refractivity contribution in [3.05, 3.63) is 71.3 Å². The van der Waals surface area contributed by atoms with Crippen molar-refractivity contribution in [1.29, 1.82) is 0 Å². The Morgan fingerprint density at radius 3 is 2.32 bits per heavy atom. The highest BCUT2D eigenvalue weighted by atomic mass is 16.2. The predicted molar refractivity (Wildman–Crippen MR) is 125 cm³/mol. The molecule has 5 nitrogen and oxygen atoms in total. The number of carbonyl (C=O) groups is 2. The number of nitrogens with one attached hydrogen (secondary N) is 1. The van der Waals surface area contributed by atoms with Gasteiger partial charge in [0.1, 0.15) is 0 Å². The summed E-state index contributed by atoms with van der Waals surface area (Å²) >= 11 is 0. The average Bonchev–Trinajstić information content (AvgIpc) is 2.79. The lowest BCUT2D eigenvalue weighted by Gasteiger charge is -2.32. The lowest BCUT2D eigenvalue weighted by Crippen LogP contribution is -2.45. The topological polar surface area (TPSA) is 52.7 Å². The summed E-state index contributed by atoms with van der Waals surface area (Å²) in [6.07, 6.45) is 3.17. The molecule has 0 atom stereocenters. The van der Waals surface area contributed by atoms with Gasteiger partial charge in [-0.3, -0.25) is 14.5 Å². The molecule has 2 amide bonds. The van der Waals surface area contributed by atoms with Crippen LogP contribution in [0.15, 0.2) is 54.6 Å². The van der Waals surface area contributed by atoms with Crippen LogP contribution in [0.3, 0.4) is 0 Å². The number of hydrogen-bond donors (Lipinski definition) is 1. The van der Waals surface area contributed by atoms with E-state index < -0.39 is 0 Å². The third kappa shape index (κ3) is 7.21. The van der Waals surface area contributed by atoms with Crippen molar-refractivity contribution in [2.45, 2.75) is 52.1 Å². The Hall–Kier alpha value is -2.66. The van der Waals surface area contributed by atoms with Gasteiger partial charge in [-0.05, 0) is 43.9 Å². The molecule has 1 saturated heterocycles. The normalized spacial score (nSPS) is 14.9. The van der Waals surface area contributed by atoms with Crippen molar-refractivity contribution in [1.82, 2.24) is 15.1 Å². The van der Waals surface area contributed by atoms with Crippen LogP contribution >= 0.6 is 0 Å². The lowest BCUT2D eigenvalue weighted by molar-refractivity contribution is -0.122. The van der Waals surface area contributed by atoms with Crippen LogP contribution in [0.1, 0.15) is 54.1 Å². The molecule has 0 aromatic heterocycles. The molecule has 31 heavy (non-hydrogen) atoms. The van der Waals surface area contributed by atoms with Crippen molar-refractivity contribution in [3.63, 3.8) is 0 Å². The molecule has 0 aliphatic carbocycles. The highest BCUT2D eigenvalue weighted by molar-refractivity contribution is 5.94. The molecule has 1 heterocycles. The van der Waals surface area contributed by atoms with Crippen LogP contribution in [-0.2, 0) is 11.3 Å². The first-order valence-corrected chi connectivity index (χ1v) is 11.5. The zero-order valence-corrected chi connectivity index (χ0v) is 18.8. The zero-order chi connectivity index (χ0) is 22.1. The standard InChI is InChI=1S/C26H35N3O2/c1-3-16-29(26(31)23-11-9-21(2)10-12-23)19-15-25(30)27-24-13-17-28(18-14-24)20-22-7-5-4-6-8-22/h4-12,24H,3,13-20H2,1-2H3,(H,27,30). The number of hydrogen-bond acceptors (Lipinski definition) is 3. The fourth-order valence-electron chi connectivity index (χ4n) is 4.08. The van der Waals surface area contributed by atoms with Gasteiger partial charge in [0.15, 0.2) is 0 Å². The predicted octanol–water partition coefficient (Wildman–Crippen LogP) is 4.02. The molecular weight excluding hydrogens is 386 g/mol. The lowest BCUT2D eigenvalue weighted by atomic mass is 10.0. The maximum absolute atomic E-state index is 12.8. The van der Waals surface area contributed by atoms with E-state index in [2.05, 4.69) is 41.4 Å². The second-order valence-electron chi connectivity index (χ2n) is 8.51. The summed E-state index contributed by atoms with van der Waals surface area (Å²) < 4.78 is 0. The summed E-state index contributed by atoms with van der Waals surface area (Å²) in [6, 6.07) is 18.4. The highest BCUT2D eigenvalue weighted by Gasteiger charge is 2.22. The van der Waals surface area contributed by atoms with Gasteiger partial charge in [-0.15, -0.1) is 0 Å². The van der Waals surface area contributed by atoms with Crippen LogP contribution in [0.4, 0.5) is 0 Å². The molecule has 1 fully saturated rings. The molecule has 0 radical (unpaired) electrons. The fourth-order valence-corrected chi connectivity index (χ4v) is 4.08. The zero-order valence-electron chi connectivity index (χ0n) is 18.8. The monoisotopic (exact) mass is 421 g/mol. The highest BCUT2D eigenvalue weighted by Crippen LogP contribution is 2.14. The molecule has 2 aromatic carbocycles. The molecule has 1 aliphatic rings. The van der Waals surface area contributed by atoms with Gasteiger partial charge in [0.2, 0.25) is 5.91 Å². The Kier molecular flexibility index (Phi) is 8.65. The minimum absolute atomic E-state index is 0.00358. The first-order valence-electron chi connectivity index (χ1n) is 11.5. The summed E-state index contributed by atoms with van der Waals surface area (Å²) in [7, 11) is 0. The summed E-state index contributed by atoms with van der Waals surface area (Å²) in [4.78, 5) is 29.6. The largest absolute Gasteiger partial charge is 0.353 e. The van der Waals surface area contributed by atoms with E-state index in [-0.39, 0.29) is 17.9 Å². The van der Waals surface area contributed by atoms with Gasteiger partial charge in [0.25, 0.3) is 5.91 Å². The molecule has 3 rings (SSSR count). The molecule has 0 bridgehead atoms. The molecule has 0 spiro atoms. The second-order valence-corrected chi connectivity index (χ2v) is 8.51. The number of nitrogens with zero attached hydrogens (tertiary/aromatic N) is 2. The van der Waals surface area contributed by atoms with Crippen LogP contribution in [0, 0.1) is 6.92 Å². The van der Waals surface area contributed by atoms with Gasteiger partial charge in [0.05, 0.1) is 0 Å². The number of carbonyl (C=O) groups excluding carboxylic acids is 2. The van der Waals surface area contributed by atoms with Crippen LogP contribution in [0.25, 0.3) is 0 Å². The Morgan fingerprint density at radius 1 is 1.00 bits per heavy atom. The van der Waals surface area contributed by atoms with Crippen molar-refractivity contribution in [3.8, 4) is 0 Å². The maximum Gasteiger partial charge on any atom is 0.253 e. The Labute approximate surface area is 186 Å². The van der Waals surface area contributed by atoms with Crippen molar-refractivity contribution in [2.24, 2.45) is 0 Å². The molecule has 0 unspecified atom stereocenters. The summed E-state index contributed by atoms with van der Waals surface area (Å²) in [5.74, 6) is 0.0446. The Morgan fingerprint density at radius 2 is 1.68 bits per heavy atom. The number of likely N-dealkylation sites (tertiary alicyclic amines) is 1. The summed E-state index contributed by atoms with van der Waals surface area (Å²) in [5.41, 5.74) is 3.15. The molecule has 0 saturated carbocycles. The first-order chi connectivity index (χ1) is 15.0. The third-order valence-corrected chi connectivity index (χ3v) is 5.89. The van der Waals surface area contributed by atoms with Gasteiger partial charge in [-0.1, -0.05) is 55.0 Å². The van der Waals surface area contributed by atoms with Crippen LogP contribution in [-0.4, -0.2) is 53.8 Å². The molecule has 2 aromatic rings. The van der Waals surface area contributed by atoms with Crippen molar-refractivity contribution >= 4 is 11.8 Å². The van der Waals surface area contributed by atoms with E-state index in [9.17, 15) is 9.59 Å². The van der Waals surface area contributed by atoms with E-state index in [1.54, 1.807) is 4.90 Å². The van der Waals surface area contributed by atoms with E-state index in [0.29, 0.717) is 25.1 Å². The van der Waals surface area contributed by atoms with Gasteiger partial charge in [0, 0.05) is 50.7 Å². The number of amides is 2. The first kappa shape index (κ1) is 23.0.